The van der Waals surface area contributed by atoms with Crippen LogP contribution in [0.15, 0.2) is 4.99 Å². The van der Waals surface area contributed by atoms with Crippen LogP contribution >= 0.6 is 24.0 Å². The minimum atomic E-state index is -0.0696. The fraction of sp³-hybridized carbons (Fsp3) is 0.905. The van der Waals surface area contributed by atoms with Gasteiger partial charge in [-0.1, -0.05) is 13.8 Å². The molecular formula is C21H43IN4O2. The number of hydrogen-bond donors (Lipinski definition) is 2. The highest BCUT2D eigenvalue weighted by Crippen LogP contribution is 2.21. The van der Waals surface area contributed by atoms with E-state index >= 15 is 0 Å². The molecule has 0 saturated heterocycles. The predicted molar refractivity (Wildman–Crippen MR) is 129 cm³/mol. The van der Waals surface area contributed by atoms with Crippen molar-refractivity contribution >= 4 is 35.9 Å². The number of rotatable bonds is 13. The summed E-state index contributed by atoms with van der Waals surface area (Å²) in [4.78, 5) is 18.9. The largest absolute Gasteiger partial charge is 0.462 e. The van der Waals surface area contributed by atoms with Crippen LogP contribution in [-0.2, 0) is 9.53 Å². The molecule has 1 fully saturated rings. The SMILES string of the molecule is CCNC(=NCCCC(=O)OC1CCCC1)NC(C)CCCN(CC)CC.I. The number of aliphatic imine (C=N–C) groups is 1. The fourth-order valence-corrected chi connectivity index (χ4v) is 3.45. The van der Waals surface area contributed by atoms with Gasteiger partial charge in [-0.2, -0.15) is 0 Å². The zero-order valence-corrected chi connectivity index (χ0v) is 20.8. The van der Waals surface area contributed by atoms with E-state index in [1.54, 1.807) is 0 Å². The number of carbonyl (C=O) groups excluding carboxylic acids is 1. The van der Waals surface area contributed by atoms with Gasteiger partial charge in [0.15, 0.2) is 5.96 Å². The number of ether oxygens (including phenoxy) is 1. The standard InChI is InChI=1S/C21H42N4O2.HI/c1-5-22-21(24-18(4)12-11-17-25(6-2)7-3)23-16-10-15-20(26)27-19-13-8-9-14-19;/h18-19H,5-17H2,1-4H3,(H2,22,23,24);1H. The van der Waals surface area contributed by atoms with E-state index in [2.05, 4.69) is 48.2 Å². The van der Waals surface area contributed by atoms with Gasteiger partial charge in [-0.15, -0.1) is 24.0 Å². The number of nitrogens with one attached hydrogen (secondary N) is 2. The van der Waals surface area contributed by atoms with Crippen molar-refractivity contribution in [3.63, 3.8) is 0 Å². The summed E-state index contributed by atoms with van der Waals surface area (Å²) in [5, 5.41) is 6.77. The van der Waals surface area contributed by atoms with Crippen molar-refractivity contribution < 1.29 is 9.53 Å². The van der Waals surface area contributed by atoms with Crippen molar-refractivity contribution in [2.75, 3.05) is 32.7 Å². The minimum absolute atomic E-state index is 0. The summed E-state index contributed by atoms with van der Waals surface area (Å²) in [7, 11) is 0. The van der Waals surface area contributed by atoms with Crippen LogP contribution in [0.2, 0.25) is 0 Å². The topological polar surface area (TPSA) is 66.0 Å². The van der Waals surface area contributed by atoms with Gasteiger partial charge < -0.3 is 20.3 Å². The maximum Gasteiger partial charge on any atom is 0.306 e. The van der Waals surface area contributed by atoms with Crippen molar-refractivity contribution in [1.82, 2.24) is 15.5 Å². The zero-order chi connectivity index (χ0) is 19.9. The molecule has 1 saturated carbocycles. The summed E-state index contributed by atoms with van der Waals surface area (Å²) in [5.74, 6) is 0.775. The van der Waals surface area contributed by atoms with Crippen LogP contribution in [0.1, 0.15) is 79.1 Å². The number of carbonyl (C=O) groups is 1. The lowest BCUT2D eigenvalue weighted by atomic mass is 10.2. The highest BCUT2D eigenvalue weighted by Gasteiger charge is 2.18. The molecule has 6 nitrogen and oxygen atoms in total. The van der Waals surface area contributed by atoms with Gasteiger partial charge in [0.1, 0.15) is 6.10 Å². The van der Waals surface area contributed by atoms with E-state index < -0.39 is 0 Å². The molecule has 1 aliphatic carbocycles. The van der Waals surface area contributed by atoms with Gasteiger partial charge in [0.2, 0.25) is 0 Å². The summed E-state index contributed by atoms with van der Waals surface area (Å²) in [6, 6.07) is 0.380. The monoisotopic (exact) mass is 510 g/mol. The van der Waals surface area contributed by atoms with E-state index in [-0.39, 0.29) is 36.0 Å². The summed E-state index contributed by atoms with van der Waals surface area (Å²) in [6.07, 6.45) is 8.10. The van der Waals surface area contributed by atoms with Crippen LogP contribution < -0.4 is 10.6 Å². The predicted octanol–water partition coefficient (Wildman–Crippen LogP) is 3.94. The molecular weight excluding hydrogens is 467 g/mol. The van der Waals surface area contributed by atoms with Crippen molar-refractivity contribution in [2.24, 2.45) is 4.99 Å². The molecule has 0 spiro atoms. The van der Waals surface area contributed by atoms with Crippen LogP contribution in [0, 0.1) is 0 Å². The molecule has 28 heavy (non-hydrogen) atoms. The smallest absolute Gasteiger partial charge is 0.306 e. The lowest BCUT2D eigenvalue weighted by molar-refractivity contribution is -0.148. The van der Waals surface area contributed by atoms with Gasteiger partial charge in [-0.3, -0.25) is 9.79 Å². The number of esters is 1. The Labute approximate surface area is 189 Å². The Kier molecular flexibility index (Phi) is 16.9. The van der Waals surface area contributed by atoms with Crippen molar-refractivity contribution in [2.45, 2.75) is 91.2 Å². The Morgan fingerprint density at radius 2 is 1.86 bits per heavy atom. The Bertz CT molecular complexity index is 425. The zero-order valence-electron chi connectivity index (χ0n) is 18.5. The maximum absolute atomic E-state index is 11.9. The minimum Gasteiger partial charge on any atom is -0.462 e. The van der Waals surface area contributed by atoms with E-state index in [1.165, 1.54) is 19.3 Å². The molecule has 0 aromatic rings. The highest BCUT2D eigenvalue weighted by molar-refractivity contribution is 14.0. The number of hydrogen-bond acceptors (Lipinski definition) is 4. The van der Waals surface area contributed by atoms with E-state index in [9.17, 15) is 4.79 Å². The number of nitrogens with zero attached hydrogens (tertiary/aromatic N) is 2. The van der Waals surface area contributed by atoms with Crippen molar-refractivity contribution in [3.05, 3.63) is 0 Å². The summed E-state index contributed by atoms with van der Waals surface area (Å²) in [6.45, 7) is 13.6. The van der Waals surface area contributed by atoms with Gasteiger partial charge in [0, 0.05) is 25.6 Å². The molecule has 0 amide bonds. The summed E-state index contributed by atoms with van der Waals surface area (Å²) in [5.41, 5.74) is 0. The molecule has 0 aliphatic heterocycles. The first-order chi connectivity index (χ1) is 13.1. The molecule has 0 bridgehead atoms. The Hall–Kier alpha value is -0.570. The Morgan fingerprint density at radius 3 is 2.46 bits per heavy atom. The average Bonchev–Trinajstić information content (AvgIpc) is 3.15. The second-order valence-electron chi connectivity index (χ2n) is 7.48. The van der Waals surface area contributed by atoms with Gasteiger partial charge in [0.05, 0.1) is 0 Å². The maximum atomic E-state index is 11.9. The molecule has 1 aliphatic rings. The highest BCUT2D eigenvalue weighted by atomic mass is 127. The first kappa shape index (κ1) is 27.4. The van der Waals surface area contributed by atoms with Gasteiger partial charge in [-0.05, 0) is 78.4 Å². The molecule has 166 valence electrons. The van der Waals surface area contributed by atoms with Crippen molar-refractivity contribution in [1.29, 1.82) is 0 Å². The molecule has 1 atom stereocenters. The third-order valence-electron chi connectivity index (χ3n) is 5.14. The third-order valence-corrected chi connectivity index (χ3v) is 5.14. The fourth-order valence-electron chi connectivity index (χ4n) is 3.45. The molecule has 0 aromatic carbocycles. The molecule has 0 radical (unpaired) electrons. The number of halogens is 1. The lowest BCUT2D eigenvalue weighted by Crippen LogP contribution is -2.42. The van der Waals surface area contributed by atoms with E-state index in [0.717, 1.165) is 57.8 Å². The molecule has 1 unspecified atom stereocenters. The van der Waals surface area contributed by atoms with Crippen LogP contribution in [-0.4, -0.2) is 61.7 Å². The Balaban J connectivity index is 0.00000729. The van der Waals surface area contributed by atoms with E-state index in [4.69, 9.17) is 4.74 Å². The van der Waals surface area contributed by atoms with Crippen molar-refractivity contribution in [3.8, 4) is 0 Å². The van der Waals surface area contributed by atoms with Crippen LogP contribution in [0.3, 0.4) is 0 Å². The second kappa shape index (κ2) is 17.3. The van der Waals surface area contributed by atoms with Gasteiger partial charge in [-0.25, -0.2) is 0 Å². The van der Waals surface area contributed by atoms with Crippen LogP contribution in [0.25, 0.3) is 0 Å². The number of guanidine groups is 1. The van der Waals surface area contributed by atoms with Gasteiger partial charge in [0.25, 0.3) is 0 Å². The van der Waals surface area contributed by atoms with Crippen LogP contribution in [0.5, 0.6) is 0 Å². The molecule has 7 heteroatoms. The van der Waals surface area contributed by atoms with E-state index in [0.29, 0.717) is 19.0 Å². The molecule has 2 N–H and O–H groups in total. The summed E-state index contributed by atoms with van der Waals surface area (Å²) < 4.78 is 5.49. The van der Waals surface area contributed by atoms with E-state index in [1.807, 2.05) is 0 Å². The van der Waals surface area contributed by atoms with Crippen LogP contribution in [0.4, 0.5) is 0 Å². The first-order valence-electron chi connectivity index (χ1n) is 11.1. The normalized spacial score (nSPS) is 16.0. The van der Waals surface area contributed by atoms with Gasteiger partial charge >= 0.3 is 5.97 Å². The lowest BCUT2D eigenvalue weighted by Gasteiger charge is -2.21. The molecule has 0 aromatic heterocycles. The molecule has 0 heterocycles. The Morgan fingerprint density at radius 1 is 1.18 bits per heavy atom. The second-order valence-corrected chi connectivity index (χ2v) is 7.48. The quantitative estimate of drug-likeness (QED) is 0.129. The molecule has 1 rings (SSSR count). The average molecular weight is 511 g/mol. The first-order valence-corrected chi connectivity index (χ1v) is 11.1. The summed E-state index contributed by atoms with van der Waals surface area (Å²) >= 11 is 0. The third kappa shape index (κ3) is 12.8.